The van der Waals surface area contributed by atoms with E-state index < -0.39 is 5.41 Å². The van der Waals surface area contributed by atoms with Crippen molar-refractivity contribution in [2.24, 2.45) is 7.05 Å². The molecule has 0 fully saturated rings. The highest BCUT2D eigenvalue weighted by Crippen LogP contribution is 2.37. The molecule has 110 valence electrons. The van der Waals surface area contributed by atoms with Crippen LogP contribution in [0.3, 0.4) is 0 Å². The summed E-state index contributed by atoms with van der Waals surface area (Å²) in [5.74, 6) is 0.966. The fourth-order valence-electron chi connectivity index (χ4n) is 3.08. The summed E-state index contributed by atoms with van der Waals surface area (Å²) in [7, 11) is 2.03. The number of ether oxygens (including phenoxy) is 1. The van der Waals surface area contributed by atoms with E-state index in [4.69, 9.17) is 4.74 Å². The highest BCUT2D eigenvalue weighted by molar-refractivity contribution is 6.00. The number of aromatic nitrogens is 1. The zero-order chi connectivity index (χ0) is 15.0. The van der Waals surface area contributed by atoms with Crippen molar-refractivity contribution in [1.29, 1.82) is 0 Å². The monoisotopic (exact) mass is 283 g/mol. The number of aryl methyl sites for hydroxylation is 1. The van der Waals surface area contributed by atoms with Gasteiger partial charge in [-0.05, 0) is 49.4 Å². The SMILES string of the molecule is CCOC1=CC(=O)[C@](C)(c2ccc3c(ccn3C)c2)CC1. The van der Waals surface area contributed by atoms with Crippen LogP contribution >= 0.6 is 0 Å². The molecule has 0 aliphatic heterocycles. The molecule has 0 saturated carbocycles. The number of ketones is 1. The van der Waals surface area contributed by atoms with E-state index in [0.717, 1.165) is 24.2 Å². The molecule has 21 heavy (non-hydrogen) atoms. The van der Waals surface area contributed by atoms with Gasteiger partial charge in [-0.25, -0.2) is 0 Å². The summed E-state index contributed by atoms with van der Waals surface area (Å²) >= 11 is 0. The van der Waals surface area contributed by atoms with E-state index in [1.807, 2.05) is 27.1 Å². The first-order chi connectivity index (χ1) is 10.0. The number of fused-ring (bicyclic) bond motifs is 1. The molecule has 0 amide bonds. The molecule has 1 atom stereocenters. The van der Waals surface area contributed by atoms with Crippen LogP contribution in [0.15, 0.2) is 42.3 Å². The molecule has 0 radical (unpaired) electrons. The fourth-order valence-corrected chi connectivity index (χ4v) is 3.08. The highest BCUT2D eigenvalue weighted by atomic mass is 16.5. The van der Waals surface area contributed by atoms with Crippen molar-refractivity contribution in [1.82, 2.24) is 4.57 Å². The molecule has 0 bridgehead atoms. The van der Waals surface area contributed by atoms with E-state index in [-0.39, 0.29) is 5.78 Å². The van der Waals surface area contributed by atoms with Crippen molar-refractivity contribution in [3.63, 3.8) is 0 Å². The van der Waals surface area contributed by atoms with E-state index >= 15 is 0 Å². The number of carbonyl (C=O) groups excluding carboxylic acids is 1. The second kappa shape index (κ2) is 5.06. The number of carbonyl (C=O) groups is 1. The Balaban J connectivity index is 1.99. The average molecular weight is 283 g/mol. The van der Waals surface area contributed by atoms with Crippen LogP contribution in [0.25, 0.3) is 10.9 Å². The molecule has 1 aromatic heterocycles. The van der Waals surface area contributed by atoms with Gasteiger partial charge in [-0.1, -0.05) is 6.07 Å². The Morgan fingerprint density at radius 3 is 2.86 bits per heavy atom. The van der Waals surface area contributed by atoms with Crippen molar-refractivity contribution in [2.45, 2.75) is 32.1 Å². The van der Waals surface area contributed by atoms with E-state index in [1.54, 1.807) is 6.08 Å². The van der Waals surface area contributed by atoms with Crippen LogP contribution in [-0.4, -0.2) is 17.0 Å². The molecule has 3 nitrogen and oxygen atoms in total. The Kier molecular flexibility index (Phi) is 3.36. The molecule has 3 heteroatoms. The molecule has 1 aromatic carbocycles. The Morgan fingerprint density at radius 1 is 1.33 bits per heavy atom. The zero-order valence-electron chi connectivity index (χ0n) is 12.8. The summed E-state index contributed by atoms with van der Waals surface area (Å²) in [4.78, 5) is 12.6. The summed E-state index contributed by atoms with van der Waals surface area (Å²) in [6.07, 6.45) is 5.35. The number of hydrogen-bond donors (Lipinski definition) is 0. The van der Waals surface area contributed by atoms with Crippen LogP contribution in [0.1, 0.15) is 32.3 Å². The minimum Gasteiger partial charge on any atom is -0.498 e. The first-order valence-electron chi connectivity index (χ1n) is 7.48. The number of benzene rings is 1. The molecule has 0 unspecified atom stereocenters. The Labute approximate surface area is 125 Å². The quantitative estimate of drug-likeness (QED) is 0.859. The van der Waals surface area contributed by atoms with E-state index in [1.165, 1.54) is 10.9 Å². The minimum absolute atomic E-state index is 0.146. The fraction of sp³-hybridized carbons (Fsp3) is 0.389. The second-order valence-corrected chi connectivity index (χ2v) is 5.94. The van der Waals surface area contributed by atoms with E-state index in [9.17, 15) is 4.79 Å². The molecule has 1 aliphatic carbocycles. The first kappa shape index (κ1) is 13.9. The number of allylic oxidation sites excluding steroid dienone is 2. The number of rotatable bonds is 3. The summed E-state index contributed by atoms with van der Waals surface area (Å²) in [5.41, 5.74) is 1.85. The zero-order valence-corrected chi connectivity index (χ0v) is 12.8. The van der Waals surface area contributed by atoms with Gasteiger partial charge in [-0.3, -0.25) is 4.79 Å². The van der Waals surface area contributed by atoms with Crippen molar-refractivity contribution < 1.29 is 9.53 Å². The van der Waals surface area contributed by atoms with Crippen molar-refractivity contribution in [3.05, 3.63) is 47.9 Å². The maximum absolute atomic E-state index is 12.6. The number of hydrogen-bond acceptors (Lipinski definition) is 2. The van der Waals surface area contributed by atoms with Crippen LogP contribution in [0.4, 0.5) is 0 Å². The lowest BCUT2D eigenvalue weighted by Crippen LogP contribution is -2.34. The van der Waals surface area contributed by atoms with E-state index in [2.05, 4.69) is 28.8 Å². The van der Waals surface area contributed by atoms with Crippen LogP contribution in [-0.2, 0) is 22.0 Å². The normalized spacial score (nSPS) is 22.4. The summed E-state index contributed by atoms with van der Waals surface area (Å²) in [5, 5.41) is 1.18. The van der Waals surface area contributed by atoms with Gasteiger partial charge in [-0.2, -0.15) is 0 Å². The van der Waals surface area contributed by atoms with E-state index in [0.29, 0.717) is 6.61 Å². The minimum atomic E-state index is -0.440. The Bertz CT molecular complexity index is 726. The molecule has 0 saturated heterocycles. The Morgan fingerprint density at radius 2 is 2.14 bits per heavy atom. The predicted octanol–water partition coefficient (Wildman–Crippen LogP) is 3.72. The summed E-state index contributed by atoms with van der Waals surface area (Å²) in [6.45, 7) is 4.60. The van der Waals surface area contributed by atoms with Crippen LogP contribution in [0.5, 0.6) is 0 Å². The topological polar surface area (TPSA) is 31.2 Å². The lowest BCUT2D eigenvalue weighted by atomic mass is 9.72. The average Bonchev–Trinajstić information content (AvgIpc) is 2.84. The summed E-state index contributed by atoms with van der Waals surface area (Å²) in [6, 6.07) is 8.43. The predicted molar refractivity (Wildman–Crippen MR) is 84.2 cm³/mol. The lowest BCUT2D eigenvalue weighted by Gasteiger charge is -2.31. The molecule has 3 rings (SSSR count). The molecular formula is C18H21NO2. The Hall–Kier alpha value is -2.03. The van der Waals surface area contributed by atoms with Gasteiger partial charge in [0.25, 0.3) is 0 Å². The summed E-state index contributed by atoms with van der Waals surface area (Å²) < 4.78 is 7.59. The first-order valence-corrected chi connectivity index (χ1v) is 7.48. The molecule has 1 heterocycles. The molecule has 1 aliphatic rings. The lowest BCUT2D eigenvalue weighted by molar-refractivity contribution is -0.120. The third-order valence-corrected chi connectivity index (χ3v) is 4.56. The molecule has 0 spiro atoms. The van der Waals surface area contributed by atoms with Crippen LogP contribution < -0.4 is 0 Å². The van der Waals surface area contributed by atoms with Crippen LogP contribution in [0.2, 0.25) is 0 Å². The van der Waals surface area contributed by atoms with Gasteiger partial charge in [0.15, 0.2) is 5.78 Å². The van der Waals surface area contributed by atoms with Crippen LogP contribution in [0, 0.1) is 0 Å². The van der Waals surface area contributed by atoms with Gasteiger partial charge in [0.05, 0.1) is 17.8 Å². The molecule has 2 aromatic rings. The standard InChI is InChI=1S/C18H21NO2/c1-4-21-15-7-9-18(2,17(20)12-15)14-5-6-16-13(11-14)8-10-19(16)3/h5-6,8,10-12H,4,7,9H2,1-3H3/t18-/m0/s1. The van der Waals surface area contributed by atoms with Gasteiger partial charge in [0.2, 0.25) is 0 Å². The van der Waals surface area contributed by atoms with Crippen molar-refractivity contribution in [3.8, 4) is 0 Å². The van der Waals surface area contributed by atoms with Gasteiger partial charge in [0.1, 0.15) is 0 Å². The second-order valence-electron chi connectivity index (χ2n) is 5.94. The third-order valence-electron chi connectivity index (χ3n) is 4.56. The van der Waals surface area contributed by atoms with Gasteiger partial charge < -0.3 is 9.30 Å². The highest BCUT2D eigenvalue weighted by Gasteiger charge is 2.37. The smallest absolute Gasteiger partial charge is 0.169 e. The molecular weight excluding hydrogens is 262 g/mol. The van der Waals surface area contributed by atoms with Gasteiger partial charge >= 0.3 is 0 Å². The largest absolute Gasteiger partial charge is 0.498 e. The van der Waals surface area contributed by atoms with Crippen molar-refractivity contribution in [2.75, 3.05) is 6.61 Å². The van der Waals surface area contributed by atoms with Gasteiger partial charge in [0, 0.05) is 31.3 Å². The third kappa shape index (κ3) is 2.27. The van der Waals surface area contributed by atoms with Crippen molar-refractivity contribution >= 4 is 16.7 Å². The maximum atomic E-state index is 12.6. The van der Waals surface area contributed by atoms with Gasteiger partial charge in [-0.15, -0.1) is 0 Å². The molecule has 0 N–H and O–H groups in total. The maximum Gasteiger partial charge on any atom is 0.169 e. The number of nitrogens with zero attached hydrogens (tertiary/aromatic N) is 1.